The predicted octanol–water partition coefficient (Wildman–Crippen LogP) is 4.14. The number of nitrogens with zero attached hydrogens (tertiary/aromatic N) is 3. The van der Waals surface area contributed by atoms with E-state index in [1.807, 2.05) is 16.3 Å². The highest BCUT2D eigenvalue weighted by Gasteiger charge is 2.26. The van der Waals surface area contributed by atoms with Gasteiger partial charge >= 0.3 is 0 Å². The molecule has 0 bridgehead atoms. The Morgan fingerprint density at radius 1 is 1.37 bits per heavy atom. The average Bonchev–Trinajstić information content (AvgIpc) is 3.19. The molecule has 0 unspecified atom stereocenters. The van der Waals surface area contributed by atoms with E-state index in [0.29, 0.717) is 11.3 Å². The molecule has 3 aromatic heterocycles. The molecule has 142 valence electrons. The standard InChI is InChI=1S/C20H23N3O2S2/c1-3-8-22(9-14-5-6-14)17(24)10-23-12-21-19-18(20(23)25)15(11-26-19)16-7-4-13(2)27-16/h4,7,11-12,14H,3,5-6,8-10H2,1-2H3. The summed E-state index contributed by atoms with van der Waals surface area (Å²) in [5, 5.41) is 2.62. The molecule has 1 aliphatic carbocycles. The number of fused-ring (bicyclic) bond motifs is 1. The van der Waals surface area contributed by atoms with Crippen LogP contribution >= 0.6 is 22.7 Å². The first-order valence-corrected chi connectivity index (χ1v) is 11.1. The lowest BCUT2D eigenvalue weighted by molar-refractivity contribution is -0.132. The maximum absolute atomic E-state index is 13.1. The van der Waals surface area contributed by atoms with Crippen LogP contribution in [0.25, 0.3) is 20.7 Å². The predicted molar refractivity (Wildman–Crippen MR) is 112 cm³/mol. The zero-order valence-electron chi connectivity index (χ0n) is 15.6. The second-order valence-corrected chi connectivity index (χ2v) is 9.35. The molecule has 3 heterocycles. The van der Waals surface area contributed by atoms with E-state index in [2.05, 4.69) is 24.9 Å². The van der Waals surface area contributed by atoms with Crippen molar-refractivity contribution in [3.63, 3.8) is 0 Å². The highest BCUT2D eigenvalue weighted by molar-refractivity contribution is 7.19. The molecule has 0 aliphatic heterocycles. The van der Waals surface area contributed by atoms with Crippen molar-refractivity contribution in [1.82, 2.24) is 14.5 Å². The lowest BCUT2D eigenvalue weighted by Gasteiger charge is -2.22. The molecule has 27 heavy (non-hydrogen) atoms. The molecular weight excluding hydrogens is 378 g/mol. The molecule has 0 spiro atoms. The third-order valence-corrected chi connectivity index (χ3v) is 6.81. The molecule has 1 amide bonds. The molecule has 0 radical (unpaired) electrons. The monoisotopic (exact) mass is 401 g/mol. The Labute approximate surface area is 166 Å². The number of thiophene rings is 2. The summed E-state index contributed by atoms with van der Waals surface area (Å²) in [6.07, 6.45) is 4.86. The molecule has 0 saturated heterocycles. The van der Waals surface area contributed by atoms with Crippen LogP contribution in [-0.4, -0.2) is 33.4 Å². The second kappa shape index (κ2) is 7.56. The Hall–Kier alpha value is -1.99. The van der Waals surface area contributed by atoms with E-state index in [0.717, 1.165) is 34.8 Å². The van der Waals surface area contributed by atoms with Gasteiger partial charge in [0.2, 0.25) is 5.91 Å². The van der Waals surface area contributed by atoms with Crippen LogP contribution in [0, 0.1) is 12.8 Å². The molecular formula is C20H23N3O2S2. The Morgan fingerprint density at radius 3 is 2.85 bits per heavy atom. The quantitative estimate of drug-likeness (QED) is 0.598. The third kappa shape index (κ3) is 3.84. The maximum Gasteiger partial charge on any atom is 0.263 e. The Balaban J connectivity index is 1.65. The molecule has 1 saturated carbocycles. The molecule has 7 heteroatoms. The summed E-state index contributed by atoms with van der Waals surface area (Å²) in [5.74, 6) is 0.652. The fraction of sp³-hybridized carbons (Fsp3) is 0.450. The maximum atomic E-state index is 13.1. The van der Waals surface area contributed by atoms with Gasteiger partial charge in [0, 0.05) is 33.8 Å². The van der Waals surface area contributed by atoms with Crippen LogP contribution in [0.4, 0.5) is 0 Å². The Bertz CT molecular complexity index is 1030. The van der Waals surface area contributed by atoms with Gasteiger partial charge in [0.05, 0.1) is 11.7 Å². The molecule has 5 nitrogen and oxygen atoms in total. The molecule has 4 rings (SSSR count). The summed E-state index contributed by atoms with van der Waals surface area (Å²) in [4.78, 5) is 35.3. The van der Waals surface area contributed by atoms with Crippen LogP contribution in [0.1, 0.15) is 31.1 Å². The molecule has 1 aliphatic rings. The number of aryl methyl sites for hydroxylation is 1. The Kier molecular flexibility index (Phi) is 5.14. The largest absolute Gasteiger partial charge is 0.341 e. The minimum absolute atomic E-state index is 0.00995. The van der Waals surface area contributed by atoms with E-state index in [4.69, 9.17) is 0 Å². The minimum Gasteiger partial charge on any atom is -0.341 e. The van der Waals surface area contributed by atoms with Crippen molar-refractivity contribution in [1.29, 1.82) is 0 Å². The van der Waals surface area contributed by atoms with Gasteiger partial charge in [-0.05, 0) is 44.2 Å². The lowest BCUT2D eigenvalue weighted by atomic mass is 10.2. The van der Waals surface area contributed by atoms with Gasteiger partial charge in [-0.3, -0.25) is 14.2 Å². The van der Waals surface area contributed by atoms with Crippen molar-refractivity contribution in [2.45, 2.75) is 39.7 Å². The summed E-state index contributed by atoms with van der Waals surface area (Å²) in [6, 6.07) is 4.10. The zero-order chi connectivity index (χ0) is 19.0. The fourth-order valence-electron chi connectivity index (χ4n) is 3.29. The van der Waals surface area contributed by atoms with Gasteiger partial charge in [-0.1, -0.05) is 6.92 Å². The van der Waals surface area contributed by atoms with Crippen LogP contribution in [0.2, 0.25) is 0 Å². The van der Waals surface area contributed by atoms with Gasteiger partial charge in [-0.15, -0.1) is 22.7 Å². The van der Waals surface area contributed by atoms with Crippen LogP contribution in [0.5, 0.6) is 0 Å². The number of carbonyl (C=O) groups is 1. The van der Waals surface area contributed by atoms with E-state index in [1.54, 1.807) is 11.3 Å². The van der Waals surface area contributed by atoms with Gasteiger partial charge < -0.3 is 4.90 Å². The van der Waals surface area contributed by atoms with Crippen molar-refractivity contribution in [3.05, 3.63) is 39.1 Å². The van der Waals surface area contributed by atoms with Crippen LogP contribution in [-0.2, 0) is 11.3 Å². The normalized spacial score (nSPS) is 14.0. The molecule has 1 fully saturated rings. The third-order valence-electron chi connectivity index (χ3n) is 4.89. The van der Waals surface area contributed by atoms with Crippen molar-refractivity contribution < 1.29 is 4.79 Å². The second-order valence-electron chi connectivity index (χ2n) is 7.20. The van der Waals surface area contributed by atoms with Crippen LogP contribution in [0.15, 0.2) is 28.6 Å². The number of hydrogen-bond acceptors (Lipinski definition) is 5. The van der Waals surface area contributed by atoms with E-state index >= 15 is 0 Å². The summed E-state index contributed by atoms with van der Waals surface area (Å²) in [7, 11) is 0. The minimum atomic E-state index is -0.126. The SMILES string of the molecule is CCCN(CC1CC1)C(=O)Cn1cnc2scc(-c3ccc(C)s3)c2c1=O. The average molecular weight is 402 g/mol. The van der Waals surface area contributed by atoms with E-state index < -0.39 is 0 Å². The summed E-state index contributed by atoms with van der Waals surface area (Å²) < 4.78 is 1.47. The van der Waals surface area contributed by atoms with E-state index in [9.17, 15) is 9.59 Å². The number of aromatic nitrogens is 2. The van der Waals surface area contributed by atoms with E-state index in [1.165, 1.54) is 39.9 Å². The summed E-state index contributed by atoms with van der Waals surface area (Å²) in [6.45, 7) is 5.76. The zero-order valence-corrected chi connectivity index (χ0v) is 17.2. The molecule has 3 aromatic rings. The smallest absolute Gasteiger partial charge is 0.263 e. The van der Waals surface area contributed by atoms with Gasteiger partial charge in [-0.25, -0.2) is 4.98 Å². The van der Waals surface area contributed by atoms with Gasteiger partial charge in [0.25, 0.3) is 5.56 Å². The van der Waals surface area contributed by atoms with Gasteiger partial charge in [0.1, 0.15) is 11.4 Å². The number of amides is 1. The highest BCUT2D eigenvalue weighted by atomic mass is 32.1. The van der Waals surface area contributed by atoms with Crippen molar-refractivity contribution in [2.24, 2.45) is 5.92 Å². The van der Waals surface area contributed by atoms with E-state index in [-0.39, 0.29) is 18.0 Å². The number of hydrogen-bond donors (Lipinski definition) is 0. The topological polar surface area (TPSA) is 55.2 Å². The molecule has 0 aromatic carbocycles. The fourth-order valence-corrected chi connectivity index (χ4v) is 5.15. The summed E-state index contributed by atoms with van der Waals surface area (Å²) in [5.41, 5.74) is 0.800. The number of carbonyl (C=O) groups excluding carboxylic acids is 1. The lowest BCUT2D eigenvalue weighted by Crippen LogP contribution is -2.38. The van der Waals surface area contributed by atoms with Gasteiger partial charge in [0.15, 0.2) is 0 Å². The van der Waals surface area contributed by atoms with Crippen LogP contribution in [0.3, 0.4) is 0 Å². The number of rotatable bonds is 7. The first-order valence-electron chi connectivity index (χ1n) is 9.38. The highest BCUT2D eigenvalue weighted by Crippen LogP contribution is 2.35. The van der Waals surface area contributed by atoms with Crippen LogP contribution < -0.4 is 5.56 Å². The molecule has 0 atom stereocenters. The molecule has 0 N–H and O–H groups in total. The first-order chi connectivity index (χ1) is 13.1. The van der Waals surface area contributed by atoms with Crippen molar-refractivity contribution in [3.8, 4) is 10.4 Å². The van der Waals surface area contributed by atoms with Crippen molar-refractivity contribution in [2.75, 3.05) is 13.1 Å². The van der Waals surface area contributed by atoms with Gasteiger partial charge in [-0.2, -0.15) is 0 Å². The summed E-state index contributed by atoms with van der Waals surface area (Å²) >= 11 is 3.15. The van der Waals surface area contributed by atoms with Crippen molar-refractivity contribution >= 4 is 38.8 Å². The Morgan fingerprint density at radius 2 is 2.19 bits per heavy atom. The first kappa shape index (κ1) is 18.4.